The molecule has 0 bridgehead atoms. The van der Waals surface area contributed by atoms with Gasteiger partial charge in [0.1, 0.15) is 0 Å². The van der Waals surface area contributed by atoms with E-state index in [1.54, 1.807) is 0 Å². The molecule has 1 heterocycles. The average Bonchev–Trinajstić information content (AvgIpc) is 2.70. The quantitative estimate of drug-likeness (QED) is 0.746. The summed E-state index contributed by atoms with van der Waals surface area (Å²) in [5.74, 6) is 0. The highest BCUT2D eigenvalue weighted by Gasteiger charge is 2.23. The molecule has 1 aliphatic heterocycles. The molecule has 3 heteroatoms. The van der Waals surface area contributed by atoms with E-state index in [2.05, 4.69) is 42.2 Å². The molecular weight excluding hydrogens is 216 g/mol. The SMILES string of the molecule is CCN(CC#N)CC1Cc2ccccc2S1. The molecule has 0 spiro atoms. The molecule has 1 aromatic carbocycles. The zero-order valence-electron chi connectivity index (χ0n) is 9.52. The van der Waals surface area contributed by atoms with E-state index in [1.165, 1.54) is 10.5 Å². The monoisotopic (exact) mass is 232 g/mol. The number of benzene rings is 1. The Morgan fingerprint density at radius 3 is 3.00 bits per heavy atom. The van der Waals surface area contributed by atoms with E-state index in [-0.39, 0.29) is 0 Å². The number of hydrogen-bond acceptors (Lipinski definition) is 3. The van der Waals surface area contributed by atoms with Gasteiger partial charge in [-0.2, -0.15) is 5.26 Å². The molecule has 2 nitrogen and oxygen atoms in total. The topological polar surface area (TPSA) is 27.0 Å². The first-order valence-corrected chi connectivity index (χ1v) is 6.55. The Hall–Kier alpha value is -0.980. The predicted molar refractivity (Wildman–Crippen MR) is 67.5 cm³/mol. The summed E-state index contributed by atoms with van der Waals surface area (Å²) in [6, 6.07) is 10.8. The van der Waals surface area contributed by atoms with Crippen LogP contribution in [0.1, 0.15) is 12.5 Å². The lowest BCUT2D eigenvalue weighted by molar-refractivity contribution is 0.323. The van der Waals surface area contributed by atoms with E-state index < -0.39 is 0 Å². The fourth-order valence-electron chi connectivity index (χ4n) is 2.05. The Morgan fingerprint density at radius 2 is 2.31 bits per heavy atom. The fraction of sp³-hybridized carbons (Fsp3) is 0.462. The molecule has 0 aliphatic carbocycles. The van der Waals surface area contributed by atoms with Gasteiger partial charge in [0.15, 0.2) is 0 Å². The number of hydrogen-bond donors (Lipinski definition) is 0. The van der Waals surface area contributed by atoms with E-state index in [9.17, 15) is 0 Å². The molecule has 1 aromatic rings. The van der Waals surface area contributed by atoms with Gasteiger partial charge >= 0.3 is 0 Å². The first-order valence-electron chi connectivity index (χ1n) is 5.67. The Kier molecular flexibility index (Phi) is 3.87. The van der Waals surface area contributed by atoms with E-state index in [4.69, 9.17) is 5.26 Å². The van der Waals surface area contributed by atoms with Crippen LogP contribution >= 0.6 is 11.8 Å². The van der Waals surface area contributed by atoms with Crippen LogP contribution in [0.15, 0.2) is 29.2 Å². The van der Waals surface area contributed by atoms with E-state index in [0.717, 1.165) is 19.5 Å². The van der Waals surface area contributed by atoms with Crippen LogP contribution < -0.4 is 0 Å². The van der Waals surface area contributed by atoms with Gasteiger partial charge in [-0.3, -0.25) is 4.90 Å². The first-order chi connectivity index (χ1) is 7.83. The maximum Gasteiger partial charge on any atom is 0.0866 e. The number of rotatable bonds is 4. The van der Waals surface area contributed by atoms with E-state index in [0.29, 0.717) is 11.8 Å². The van der Waals surface area contributed by atoms with Crippen LogP contribution in [0.2, 0.25) is 0 Å². The summed E-state index contributed by atoms with van der Waals surface area (Å²) < 4.78 is 0. The molecular formula is C13H16N2S. The molecule has 1 unspecified atom stereocenters. The fourth-order valence-corrected chi connectivity index (χ4v) is 3.42. The smallest absolute Gasteiger partial charge is 0.0866 e. The van der Waals surface area contributed by atoms with E-state index >= 15 is 0 Å². The van der Waals surface area contributed by atoms with Gasteiger partial charge in [0.25, 0.3) is 0 Å². The second kappa shape index (κ2) is 5.38. The van der Waals surface area contributed by atoms with Crippen molar-refractivity contribution in [1.29, 1.82) is 5.26 Å². The lowest BCUT2D eigenvalue weighted by Crippen LogP contribution is -2.31. The van der Waals surface area contributed by atoms with Gasteiger partial charge in [-0.1, -0.05) is 25.1 Å². The van der Waals surface area contributed by atoms with Gasteiger partial charge in [0.05, 0.1) is 12.6 Å². The van der Waals surface area contributed by atoms with Crippen molar-refractivity contribution in [1.82, 2.24) is 4.90 Å². The maximum atomic E-state index is 8.72. The van der Waals surface area contributed by atoms with Crippen molar-refractivity contribution < 1.29 is 0 Å². The van der Waals surface area contributed by atoms with Crippen molar-refractivity contribution >= 4 is 11.8 Å². The summed E-state index contributed by atoms with van der Waals surface area (Å²) in [5, 5.41) is 9.33. The molecule has 0 N–H and O–H groups in total. The van der Waals surface area contributed by atoms with Crippen molar-refractivity contribution in [3.63, 3.8) is 0 Å². The van der Waals surface area contributed by atoms with Crippen LogP contribution in [0.3, 0.4) is 0 Å². The summed E-state index contributed by atoms with van der Waals surface area (Å²) in [5.41, 5.74) is 1.46. The number of nitrogens with zero attached hydrogens (tertiary/aromatic N) is 2. The van der Waals surface area contributed by atoms with Crippen LogP contribution in [0.25, 0.3) is 0 Å². The summed E-state index contributed by atoms with van der Waals surface area (Å²) in [6.07, 6.45) is 1.14. The lowest BCUT2D eigenvalue weighted by Gasteiger charge is -2.20. The average molecular weight is 232 g/mol. The van der Waals surface area contributed by atoms with Gasteiger partial charge in [-0.25, -0.2) is 0 Å². The van der Waals surface area contributed by atoms with Crippen molar-refractivity contribution in [2.75, 3.05) is 19.6 Å². The highest BCUT2D eigenvalue weighted by molar-refractivity contribution is 8.00. The van der Waals surface area contributed by atoms with Gasteiger partial charge in [0, 0.05) is 16.7 Å². The van der Waals surface area contributed by atoms with Crippen LogP contribution in [0.5, 0.6) is 0 Å². The normalized spacial score (nSPS) is 18.4. The molecule has 1 aliphatic rings. The third-order valence-electron chi connectivity index (χ3n) is 2.92. The summed E-state index contributed by atoms with van der Waals surface area (Å²) in [4.78, 5) is 3.63. The molecule has 1 atom stereocenters. The molecule has 2 rings (SSSR count). The predicted octanol–water partition coefficient (Wildman–Crippen LogP) is 2.55. The van der Waals surface area contributed by atoms with Gasteiger partial charge in [-0.15, -0.1) is 11.8 Å². The Morgan fingerprint density at radius 1 is 1.50 bits per heavy atom. The molecule has 0 saturated heterocycles. The van der Waals surface area contributed by atoms with Crippen LogP contribution in [-0.4, -0.2) is 29.8 Å². The summed E-state index contributed by atoms with van der Waals surface area (Å²) >= 11 is 1.95. The number of nitriles is 1. The third-order valence-corrected chi connectivity index (χ3v) is 4.22. The van der Waals surface area contributed by atoms with Gasteiger partial charge < -0.3 is 0 Å². The van der Waals surface area contributed by atoms with Crippen molar-refractivity contribution in [2.45, 2.75) is 23.5 Å². The Bertz CT molecular complexity index is 372. The second-order valence-corrected chi connectivity index (χ2v) is 5.38. The van der Waals surface area contributed by atoms with Gasteiger partial charge in [0.2, 0.25) is 0 Å². The molecule has 0 aromatic heterocycles. The van der Waals surface area contributed by atoms with Crippen LogP contribution in [-0.2, 0) is 6.42 Å². The summed E-state index contributed by atoms with van der Waals surface area (Å²) in [6.45, 7) is 4.64. The minimum atomic E-state index is 0.546. The Balaban J connectivity index is 1.94. The molecule has 0 radical (unpaired) electrons. The lowest BCUT2D eigenvalue weighted by atomic mass is 10.1. The van der Waals surface area contributed by atoms with Crippen LogP contribution in [0.4, 0.5) is 0 Å². The largest absolute Gasteiger partial charge is 0.290 e. The number of thioether (sulfide) groups is 1. The highest BCUT2D eigenvalue weighted by Crippen LogP contribution is 2.36. The van der Waals surface area contributed by atoms with E-state index in [1.807, 2.05) is 11.8 Å². The minimum absolute atomic E-state index is 0.546. The van der Waals surface area contributed by atoms with Crippen molar-refractivity contribution in [3.8, 4) is 6.07 Å². The minimum Gasteiger partial charge on any atom is -0.290 e. The molecule has 84 valence electrons. The third kappa shape index (κ3) is 2.58. The summed E-state index contributed by atoms with van der Waals surface area (Å²) in [7, 11) is 0. The zero-order valence-corrected chi connectivity index (χ0v) is 10.3. The molecule has 16 heavy (non-hydrogen) atoms. The molecule has 0 saturated carbocycles. The van der Waals surface area contributed by atoms with Crippen LogP contribution in [0, 0.1) is 11.3 Å². The van der Waals surface area contributed by atoms with Gasteiger partial charge in [-0.05, 0) is 24.6 Å². The zero-order chi connectivity index (χ0) is 11.4. The molecule has 0 fully saturated rings. The maximum absolute atomic E-state index is 8.72. The standard InChI is InChI=1S/C13H16N2S/c1-2-15(8-7-14)10-12-9-11-5-3-4-6-13(11)16-12/h3-6,12H,2,8-10H2,1H3. The highest BCUT2D eigenvalue weighted by atomic mass is 32.2. The van der Waals surface area contributed by atoms with Crippen molar-refractivity contribution in [2.24, 2.45) is 0 Å². The molecule has 0 amide bonds. The first kappa shape index (κ1) is 11.5. The second-order valence-electron chi connectivity index (χ2n) is 4.04. The Labute approximate surface area is 101 Å². The number of fused-ring (bicyclic) bond motifs is 1. The van der Waals surface area contributed by atoms with Crippen molar-refractivity contribution in [3.05, 3.63) is 29.8 Å².